The van der Waals surface area contributed by atoms with Crippen LogP contribution in [-0.2, 0) is 0 Å². The predicted molar refractivity (Wildman–Crippen MR) is 81.2 cm³/mol. The Hall–Kier alpha value is -2.83. The van der Waals surface area contributed by atoms with E-state index in [-0.39, 0.29) is 11.7 Å². The second-order valence-electron chi connectivity index (χ2n) is 4.94. The Balaban J connectivity index is 1.91. The monoisotopic (exact) mass is 284 g/mol. The molecule has 0 radical (unpaired) electrons. The van der Waals surface area contributed by atoms with Crippen molar-refractivity contribution in [2.45, 2.75) is 19.9 Å². The maximum atomic E-state index is 11.6. The number of nitrogens with zero attached hydrogens (tertiary/aromatic N) is 3. The summed E-state index contributed by atoms with van der Waals surface area (Å²) in [6.45, 7) is 3.80. The van der Waals surface area contributed by atoms with Gasteiger partial charge in [0.1, 0.15) is 11.6 Å². The molecule has 0 aliphatic rings. The first-order valence-electron chi connectivity index (χ1n) is 6.61. The zero-order valence-corrected chi connectivity index (χ0v) is 11.8. The summed E-state index contributed by atoms with van der Waals surface area (Å²) < 4.78 is 1.43. The molecule has 3 aromatic rings. The van der Waals surface area contributed by atoms with Crippen LogP contribution in [0.15, 0.2) is 35.1 Å². The molecule has 0 spiro atoms. The van der Waals surface area contributed by atoms with Crippen molar-refractivity contribution in [1.29, 1.82) is 0 Å². The average Bonchev–Trinajstić information content (AvgIpc) is 2.81. The van der Waals surface area contributed by atoms with Crippen LogP contribution in [0.1, 0.15) is 24.4 Å². The molecule has 2 heterocycles. The number of fused-ring (bicyclic) bond motifs is 1. The van der Waals surface area contributed by atoms with Crippen molar-refractivity contribution >= 4 is 17.2 Å². The van der Waals surface area contributed by atoms with Crippen LogP contribution in [0, 0.1) is 6.92 Å². The van der Waals surface area contributed by atoms with E-state index in [1.165, 1.54) is 4.40 Å². The number of hydrogen-bond donors (Lipinski definition) is 3. The van der Waals surface area contributed by atoms with Crippen LogP contribution in [0.25, 0.3) is 5.65 Å². The van der Waals surface area contributed by atoms with E-state index in [9.17, 15) is 4.79 Å². The molecular formula is C14H16N6O. The Labute approximate surface area is 120 Å². The zero-order valence-electron chi connectivity index (χ0n) is 11.8. The number of aromatic amines is 1. The number of anilines is 2. The minimum Gasteiger partial charge on any atom is -0.399 e. The fraction of sp³-hybridized carbons (Fsp3) is 0.214. The smallest absolute Gasteiger partial charge is 0.349 e. The van der Waals surface area contributed by atoms with Gasteiger partial charge < -0.3 is 11.1 Å². The summed E-state index contributed by atoms with van der Waals surface area (Å²) in [6, 6.07) is 9.46. The third-order valence-corrected chi connectivity index (χ3v) is 3.37. The molecule has 2 aromatic heterocycles. The van der Waals surface area contributed by atoms with Gasteiger partial charge in [-0.05, 0) is 31.5 Å². The summed E-state index contributed by atoms with van der Waals surface area (Å²) in [5.41, 5.74) is 7.78. The van der Waals surface area contributed by atoms with Crippen LogP contribution in [0.2, 0.25) is 0 Å². The van der Waals surface area contributed by atoms with Crippen molar-refractivity contribution in [3.63, 3.8) is 0 Å². The summed E-state index contributed by atoms with van der Waals surface area (Å²) in [5.74, 6) is 1.25. The molecule has 0 aliphatic heterocycles. The van der Waals surface area contributed by atoms with Crippen molar-refractivity contribution in [3.05, 3.63) is 52.2 Å². The Morgan fingerprint density at radius 3 is 2.76 bits per heavy atom. The van der Waals surface area contributed by atoms with E-state index >= 15 is 0 Å². The first-order chi connectivity index (χ1) is 10.0. The van der Waals surface area contributed by atoms with Gasteiger partial charge in [-0.1, -0.05) is 12.1 Å². The van der Waals surface area contributed by atoms with Gasteiger partial charge in [0.25, 0.3) is 0 Å². The summed E-state index contributed by atoms with van der Waals surface area (Å²) >= 11 is 0. The molecule has 7 heteroatoms. The SMILES string of the molecule is Cc1nc(NC(C)c2ccc(N)cc2)cc2n[nH]c(=O)n12. The second-order valence-corrected chi connectivity index (χ2v) is 4.94. The molecule has 0 saturated carbocycles. The summed E-state index contributed by atoms with van der Waals surface area (Å²) in [7, 11) is 0. The minimum absolute atomic E-state index is 0.0608. The van der Waals surface area contributed by atoms with E-state index in [4.69, 9.17) is 5.73 Å². The van der Waals surface area contributed by atoms with Gasteiger partial charge in [-0.15, -0.1) is 0 Å². The lowest BCUT2D eigenvalue weighted by molar-refractivity contribution is 0.860. The van der Waals surface area contributed by atoms with Crippen molar-refractivity contribution in [1.82, 2.24) is 19.6 Å². The number of benzene rings is 1. The number of rotatable bonds is 3. The van der Waals surface area contributed by atoms with Gasteiger partial charge in [0.2, 0.25) is 0 Å². The molecule has 0 aliphatic carbocycles. The fourth-order valence-electron chi connectivity index (χ4n) is 2.26. The van der Waals surface area contributed by atoms with E-state index < -0.39 is 0 Å². The Morgan fingerprint density at radius 1 is 1.33 bits per heavy atom. The van der Waals surface area contributed by atoms with Gasteiger partial charge in [-0.3, -0.25) is 0 Å². The van der Waals surface area contributed by atoms with Gasteiger partial charge >= 0.3 is 5.69 Å². The molecule has 7 nitrogen and oxygen atoms in total. The molecule has 0 saturated heterocycles. The summed E-state index contributed by atoms with van der Waals surface area (Å²) in [5, 5.41) is 9.67. The van der Waals surface area contributed by atoms with Gasteiger partial charge in [0.15, 0.2) is 5.65 Å². The van der Waals surface area contributed by atoms with Gasteiger partial charge in [-0.25, -0.2) is 19.3 Å². The summed E-state index contributed by atoms with van der Waals surface area (Å²) in [4.78, 5) is 15.9. The summed E-state index contributed by atoms with van der Waals surface area (Å²) in [6.07, 6.45) is 0. The fourth-order valence-corrected chi connectivity index (χ4v) is 2.26. The van der Waals surface area contributed by atoms with Crippen molar-refractivity contribution in [2.75, 3.05) is 11.1 Å². The number of nitrogen functional groups attached to an aromatic ring is 1. The lowest BCUT2D eigenvalue weighted by atomic mass is 10.1. The molecule has 108 valence electrons. The van der Waals surface area contributed by atoms with Crippen molar-refractivity contribution < 1.29 is 0 Å². The highest BCUT2D eigenvalue weighted by atomic mass is 16.1. The van der Waals surface area contributed by atoms with E-state index in [2.05, 4.69) is 20.5 Å². The second kappa shape index (κ2) is 4.93. The Morgan fingerprint density at radius 2 is 2.05 bits per heavy atom. The number of hydrogen-bond acceptors (Lipinski definition) is 5. The Bertz CT molecular complexity index is 833. The van der Waals surface area contributed by atoms with Crippen LogP contribution in [0.5, 0.6) is 0 Å². The molecule has 1 atom stereocenters. The number of H-pyrrole nitrogens is 1. The molecule has 1 aromatic carbocycles. The molecule has 0 fully saturated rings. The third kappa shape index (κ3) is 2.45. The largest absolute Gasteiger partial charge is 0.399 e. The highest BCUT2D eigenvalue weighted by molar-refractivity contribution is 5.51. The first-order valence-corrected chi connectivity index (χ1v) is 6.61. The van der Waals surface area contributed by atoms with E-state index in [0.717, 1.165) is 11.3 Å². The zero-order chi connectivity index (χ0) is 15.0. The van der Waals surface area contributed by atoms with E-state index in [1.54, 1.807) is 13.0 Å². The maximum absolute atomic E-state index is 11.6. The van der Waals surface area contributed by atoms with E-state index in [1.807, 2.05) is 31.2 Å². The lowest BCUT2D eigenvalue weighted by Gasteiger charge is -2.15. The Kier molecular flexibility index (Phi) is 3.09. The number of nitrogens with two attached hydrogens (primary N) is 1. The predicted octanol–water partition coefficient (Wildman–Crippen LogP) is 1.48. The maximum Gasteiger partial charge on any atom is 0.349 e. The third-order valence-electron chi connectivity index (χ3n) is 3.37. The van der Waals surface area contributed by atoms with Gasteiger partial charge in [0.05, 0.1) is 0 Å². The first kappa shape index (κ1) is 13.2. The van der Waals surface area contributed by atoms with Gasteiger partial charge in [-0.2, -0.15) is 5.10 Å². The van der Waals surface area contributed by atoms with Crippen LogP contribution < -0.4 is 16.7 Å². The van der Waals surface area contributed by atoms with Crippen molar-refractivity contribution in [2.24, 2.45) is 0 Å². The molecule has 4 N–H and O–H groups in total. The van der Waals surface area contributed by atoms with Crippen LogP contribution >= 0.6 is 0 Å². The van der Waals surface area contributed by atoms with Crippen LogP contribution in [0.3, 0.4) is 0 Å². The molecule has 0 amide bonds. The molecule has 1 unspecified atom stereocenters. The highest BCUT2D eigenvalue weighted by Gasteiger charge is 2.10. The van der Waals surface area contributed by atoms with E-state index in [0.29, 0.717) is 17.3 Å². The highest BCUT2D eigenvalue weighted by Crippen LogP contribution is 2.19. The molecular weight excluding hydrogens is 268 g/mol. The molecule has 21 heavy (non-hydrogen) atoms. The quantitative estimate of drug-likeness (QED) is 0.632. The molecule has 3 rings (SSSR count). The normalized spacial score (nSPS) is 12.5. The number of aryl methyl sites for hydroxylation is 1. The van der Waals surface area contributed by atoms with Crippen molar-refractivity contribution in [3.8, 4) is 0 Å². The average molecular weight is 284 g/mol. The number of aromatic nitrogens is 4. The lowest BCUT2D eigenvalue weighted by Crippen LogP contribution is -2.15. The standard InChI is InChI=1S/C14H16N6O/c1-8(10-3-5-11(15)6-4-10)16-12-7-13-18-19-14(21)20(13)9(2)17-12/h3-8,16H,15H2,1-2H3,(H,19,21). The van der Waals surface area contributed by atoms with Crippen LogP contribution in [-0.4, -0.2) is 19.6 Å². The minimum atomic E-state index is -0.284. The van der Waals surface area contributed by atoms with Crippen LogP contribution in [0.4, 0.5) is 11.5 Å². The molecule has 0 bridgehead atoms. The topological polar surface area (TPSA) is 101 Å². The number of nitrogens with one attached hydrogen (secondary N) is 2. The van der Waals surface area contributed by atoms with Gasteiger partial charge in [0, 0.05) is 17.8 Å².